The summed E-state index contributed by atoms with van der Waals surface area (Å²) in [5.74, 6) is 0. The van der Waals surface area contributed by atoms with Gasteiger partial charge in [-0.05, 0) is 44.7 Å². The second-order valence-electron chi connectivity index (χ2n) is 5.39. The highest BCUT2D eigenvalue weighted by molar-refractivity contribution is 5.30. The van der Waals surface area contributed by atoms with E-state index in [0.717, 1.165) is 19.1 Å². The van der Waals surface area contributed by atoms with E-state index in [1.165, 1.54) is 29.5 Å². The van der Waals surface area contributed by atoms with Crippen LogP contribution >= 0.6 is 0 Å². The molecule has 0 heterocycles. The summed E-state index contributed by atoms with van der Waals surface area (Å²) in [6.45, 7) is 8.64. The zero-order valence-corrected chi connectivity index (χ0v) is 11.2. The molecule has 17 heavy (non-hydrogen) atoms. The smallest absolute Gasteiger partial charge is 0.0211 e. The minimum atomic E-state index is 0.538. The van der Waals surface area contributed by atoms with Gasteiger partial charge in [-0.1, -0.05) is 23.8 Å². The SMILES string of the molecule is Cc1ccc(CNC(C)CNC2CC2)c(C)c1. The van der Waals surface area contributed by atoms with E-state index in [0.29, 0.717) is 6.04 Å². The average Bonchev–Trinajstić information content (AvgIpc) is 3.09. The van der Waals surface area contributed by atoms with E-state index < -0.39 is 0 Å². The normalized spacial score (nSPS) is 17.1. The quantitative estimate of drug-likeness (QED) is 0.787. The third kappa shape index (κ3) is 4.14. The summed E-state index contributed by atoms with van der Waals surface area (Å²) in [4.78, 5) is 0. The summed E-state index contributed by atoms with van der Waals surface area (Å²) >= 11 is 0. The Balaban J connectivity index is 1.75. The van der Waals surface area contributed by atoms with Crippen LogP contribution in [0.25, 0.3) is 0 Å². The Morgan fingerprint density at radius 1 is 1.29 bits per heavy atom. The van der Waals surface area contributed by atoms with Gasteiger partial charge in [0.2, 0.25) is 0 Å². The molecule has 0 radical (unpaired) electrons. The second kappa shape index (κ2) is 5.65. The van der Waals surface area contributed by atoms with Gasteiger partial charge in [0.1, 0.15) is 0 Å². The Hall–Kier alpha value is -0.860. The zero-order valence-electron chi connectivity index (χ0n) is 11.2. The summed E-state index contributed by atoms with van der Waals surface area (Å²) in [5.41, 5.74) is 4.14. The van der Waals surface area contributed by atoms with E-state index >= 15 is 0 Å². The van der Waals surface area contributed by atoms with Crippen molar-refractivity contribution < 1.29 is 0 Å². The molecule has 1 aromatic carbocycles. The van der Waals surface area contributed by atoms with Crippen LogP contribution < -0.4 is 10.6 Å². The Morgan fingerprint density at radius 3 is 2.71 bits per heavy atom. The van der Waals surface area contributed by atoms with Gasteiger partial charge in [0, 0.05) is 25.2 Å². The summed E-state index contributed by atoms with van der Waals surface area (Å²) in [6.07, 6.45) is 2.73. The van der Waals surface area contributed by atoms with Crippen molar-refractivity contribution in [3.05, 3.63) is 34.9 Å². The minimum Gasteiger partial charge on any atom is -0.312 e. The predicted molar refractivity (Wildman–Crippen MR) is 73.2 cm³/mol. The monoisotopic (exact) mass is 232 g/mol. The fourth-order valence-corrected chi connectivity index (χ4v) is 2.03. The highest BCUT2D eigenvalue weighted by Crippen LogP contribution is 2.18. The molecule has 0 bridgehead atoms. The molecular weight excluding hydrogens is 208 g/mol. The van der Waals surface area contributed by atoms with Gasteiger partial charge in [-0.3, -0.25) is 0 Å². The molecule has 1 fully saturated rings. The van der Waals surface area contributed by atoms with E-state index in [1.807, 2.05) is 0 Å². The number of nitrogens with one attached hydrogen (secondary N) is 2. The van der Waals surface area contributed by atoms with Crippen molar-refractivity contribution >= 4 is 0 Å². The van der Waals surface area contributed by atoms with E-state index in [2.05, 4.69) is 49.6 Å². The first kappa shape index (κ1) is 12.6. The maximum atomic E-state index is 3.58. The highest BCUT2D eigenvalue weighted by atomic mass is 15.0. The lowest BCUT2D eigenvalue weighted by Crippen LogP contribution is -2.36. The zero-order chi connectivity index (χ0) is 12.3. The Bertz CT molecular complexity index is 369. The van der Waals surface area contributed by atoms with E-state index in [9.17, 15) is 0 Å². The van der Waals surface area contributed by atoms with Crippen molar-refractivity contribution in [1.29, 1.82) is 0 Å². The van der Waals surface area contributed by atoms with Crippen LogP contribution in [0.3, 0.4) is 0 Å². The van der Waals surface area contributed by atoms with Gasteiger partial charge >= 0.3 is 0 Å². The average molecular weight is 232 g/mol. The van der Waals surface area contributed by atoms with Gasteiger partial charge in [-0.25, -0.2) is 0 Å². The molecule has 1 aliphatic carbocycles. The summed E-state index contributed by atoms with van der Waals surface area (Å²) in [7, 11) is 0. The molecule has 1 atom stereocenters. The van der Waals surface area contributed by atoms with Crippen LogP contribution in [-0.2, 0) is 6.54 Å². The lowest BCUT2D eigenvalue weighted by molar-refractivity contribution is 0.499. The molecule has 0 aliphatic heterocycles. The van der Waals surface area contributed by atoms with Gasteiger partial charge in [-0.2, -0.15) is 0 Å². The van der Waals surface area contributed by atoms with Crippen LogP contribution in [0.2, 0.25) is 0 Å². The Labute approximate surface area is 105 Å². The third-order valence-electron chi connectivity index (χ3n) is 3.43. The first-order valence-corrected chi connectivity index (χ1v) is 6.68. The van der Waals surface area contributed by atoms with Crippen molar-refractivity contribution in [1.82, 2.24) is 10.6 Å². The number of hydrogen-bond acceptors (Lipinski definition) is 2. The molecule has 1 saturated carbocycles. The molecule has 0 amide bonds. The van der Waals surface area contributed by atoms with Crippen LogP contribution in [-0.4, -0.2) is 18.6 Å². The number of rotatable bonds is 6. The summed E-state index contributed by atoms with van der Waals surface area (Å²) < 4.78 is 0. The van der Waals surface area contributed by atoms with Crippen LogP contribution in [0, 0.1) is 13.8 Å². The van der Waals surface area contributed by atoms with Crippen molar-refractivity contribution in [2.24, 2.45) is 0 Å². The van der Waals surface area contributed by atoms with Crippen molar-refractivity contribution in [2.45, 2.75) is 52.2 Å². The van der Waals surface area contributed by atoms with Gasteiger partial charge in [0.15, 0.2) is 0 Å². The largest absolute Gasteiger partial charge is 0.312 e. The maximum absolute atomic E-state index is 3.58. The van der Waals surface area contributed by atoms with Crippen LogP contribution in [0.1, 0.15) is 36.5 Å². The molecule has 2 nitrogen and oxygen atoms in total. The van der Waals surface area contributed by atoms with Gasteiger partial charge < -0.3 is 10.6 Å². The molecule has 0 spiro atoms. The van der Waals surface area contributed by atoms with Crippen molar-refractivity contribution in [3.63, 3.8) is 0 Å². The molecule has 94 valence electrons. The molecule has 2 heteroatoms. The minimum absolute atomic E-state index is 0.538. The van der Waals surface area contributed by atoms with Gasteiger partial charge in [0.25, 0.3) is 0 Å². The second-order valence-corrected chi connectivity index (χ2v) is 5.39. The lowest BCUT2D eigenvalue weighted by atomic mass is 10.1. The topological polar surface area (TPSA) is 24.1 Å². The van der Waals surface area contributed by atoms with Crippen LogP contribution in [0.15, 0.2) is 18.2 Å². The van der Waals surface area contributed by atoms with Crippen LogP contribution in [0.5, 0.6) is 0 Å². The first-order chi connectivity index (χ1) is 8.15. The molecule has 1 aromatic rings. The van der Waals surface area contributed by atoms with Crippen LogP contribution in [0.4, 0.5) is 0 Å². The molecule has 0 aromatic heterocycles. The van der Waals surface area contributed by atoms with E-state index in [1.54, 1.807) is 0 Å². The predicted octanol–water partition coefficient (Wildman–Crippen LogP) is 2.53. The molecule has 1 unspecified atom stereocenters. The summed E-state index contributed by atoms with van der Waals surface area (Å²) in [5, 5.41) is 7.13. The van der Waals surface area contributed by atoms with E-state index in [4.69, 9.17) is 0 Å². The number of benzene rings is 1. The molecule has 2 rings (SSSR count). The standard InChI is InChI=1S/C15H24N2/c1-11-4-5-14(12(2)8-11)10-16-13(3)9-17-15-6-7-15/h4-5,8,13,15-17H,6-7,9-10H2,1-3H3. The number of aryl methyl sites for hydroxylation is 2. The number of hydrogen-bond donors (Lipinski definition) is 2. The first-order valence-electron chi connectivity index (χ1n) is 6.68. The molecule has 1 aliphatic rings. The lowest BCUT2D eigenvalue weighted by Gasteiger charge is -2.15. The molecule has 0 saturated heterocycles. The highest BCUT2D eigenvalue weighted by Gasteiger charge is 2.20. The van der Waals surface area contributed by atoms with Crippen molar-refractivity contribution in [2.75, 3.05) is 6.54 Å². The fourth-order valence-electron chi connectivity index (χ4n) is 2.03. The third-order valence-corrected chi connectivity index (χ3v) is 3.43. The van der Waals surface area contributed by atoms with Gasteiger partial charge in [-0.15, -0.1) is 0 Å². The fraction of sp³-hybridized carbons (Fsp3) is 0.600. The molecular formula is C15H24N2. The summed E-state index contributed by atoms with van der Waals surface area (Å²) in [6, 6.07) is 8.02. The van der Waals surface area contributed by atoms with Gasteiger partial charge in [0.05, 0.1) is 0 Å². The Morgan fingerprint density at radius 2 is 2.06 bits per heavy atom. The van der Waals surface area contributed by atoms with Crippen molar-refractivity contribution in [3.8, 4) is 0 Å². The Kier molecular flexibility index (Phi) is 4.19. The van der Waals surface area contributed by atoms with E-state index in [-0.39, 0.29) is 0 Å². The maximum Gasteiger partial charge on any atom is 0.0211 e. The molecule has 2 N–H and O–H groups in total.